The van der Waals surface area contributed by atoms with Gasteiger partial charge in [0.15, 0.2) is 9.84 Å². The van der Waals surface area contributed by atoms with Gasteiger partial charge in [0.25, 0.3) is 5.91 Å². The first-order valence-corrected chi connectivity index (χ1v) is 12.5. The quantitative estimate of drug-likeness (QED) is 0.456. The normalized spacial score (nSPS) is 15.2. The molecule has 0 aliphatic carbocycles. The summed E-state index contributed by atoms with van der Waals surface area (Å²) in [5, 5.41) is 5.35. The van der Waals surface area contributed by atoms with Crippen LogP contribution in [0.4, 0.5) is 5.69 Å². The Morgan fingerprint density at radius 3 is 2.48 bits per heavy atom. The highest BCUT2D eigenvalue weighted by atomic mass is 35.5. The fourth-order valence-corrected chi connectivity index (χ4v) is 6.68. The zero-order valence-corrected chi connectivity index (χ0v) is 18.6. The van der Waals surface area contributed by atoms with Crippen LogP contribution < -0.4 is 5.32 Å². The first-order chi connectivity index (χ1) is 13.8. The molecule has 0 unspecified atom stereocenters. The number of carbonyl (C=O) groups is 1. The lowest BCUT2D eigenvalue weighted by molar-refractivity contribution is -0.112. The predicted octanol–water partition coefficient (Wildman–Crippen LogP) is 6.11. The first kappa shape index (κ1) is 20.5. The van der Waals surface area contributed by atoms with Crippen LogP contribution in [0.5, 0.6) is 0 Å². The maximum atomic E-state index is 13.0. The van der Waals surface area contributed by atoms with Crippen LogP contribution in [0.3, 0.4) is 0 Å². The van der Waals surface area contributed by atoms with E-state index < -0.39 is 9.84 Å². The molecule has 1 aromatic heterocycles. The van der Waals surface area contributed by atoms with Crippen molar-refractivity contribution in [1.82, 2.24) is 0 Å². The van der Waals surface area contributed by atoms with E-state index in [1.165, 1.54) is 29.2 Å². The first-order valence-electron chi connectivity index (χ1n) is 8.37. The SMILES string of the molecule is O=C1Nc2ccc(S(=O)(=O)Cc3c(Cl)cccc3Cl)cc2SC1=Cc1cccs1. The molecule has 1 aliphatic rings. The third kappa shape index (κ3) is 4.39. The van der Waals surface area contributed by atoms with Gasteiger partial charge in [-0.1, -0.05) is 47.1 Å². The molecule has 0 bridgehead atoms. The number of anilines is 1. The van der Waals surface area contributed by atoms with E-state index >= 15 is 0 Å². The molecular formula is C20H13Cl2NO3S3. The number of thiophene rings is 1. The third-order valence-corrected chi connectivity index (χ3v) is 8.47. The molecule has 0 spiro atoms. The van der Waals surface area contributed by atoms with Crippen LogP contribution >= 0.6 is 46.3 Å². The molecule has 29 heavy (non-hydrogen) atoms. The summed E-state index contributed by atoms with van der Waals surface area (Å²) in [6.07, 6.45) is 1.79. The Morgan fingerprint density at radius 2 is 1.79 bits per heavy atom. The second kappa shape index (κ2) is 8.16. The molecule has 1 aliphatic heterocycles. The zero-order chi connectivity index (χ0) is 20.6. The Labute approximate surface area is 186 Å². The number of halogens is 2. The van der Waals surface area contributed by atoms with Crippen LogP contribution in [0.25, 0.3) is 6.08 Å². The molecule has 0 atom stereocenters. The molecule has 0 saturated heterocycles. The summed E-state index contributed by atoms with van der Waals surface area (Å²) in [4.78, 5) is 14.6. The molecule has 4 nitrogen and oxygen atoms in total. The van der Waals surface area contributed by atoms with Crippen molar-refractivity contribution < 1.29 is 13.2 Å². The molecule has 3 aromatic rings. The third-order valence-electron chi connectivity index (χ3n) is 4.22. The van der Waals surface area contributed by atoms with Gasteiger partial charge >= 0.3 is 0 Å². The highest BCUT2D eigenvalue weighted by Gasteiger charge is 2.25. The molecule has 1 N–H and O–H groups in total. The highest BCUT2D eigenvalue weighted by Crippen LogP contribution is 2.41. The predicted molar refractivity (Wildman–Crippen MR) is 121 cm³/mol. The minimum atomic E-state index is -3.69. The van der Waals surface area contributed by atoms with Crippen molar-refractivity contribution in [3.8, 4) is 0 Å². The van der Waals surface area contributed by atoms with Crippen molar-refractivity contribution in [2.24, 2.45) is 0 Å². The van der Waals surface area contributed by atoms with E-state index in [2.05, 4.69) is 5.32 Å². The summed E-state index contributed by atoms with van der Waals surface area (Å²) in [5.74, 6) is -0.520. The largest absolute Gasteiger partial charge is 0.320 e. The molecule has 0 radical (unpaired) electrons. The molecule has 0 saturated carbocycles. The minimum Gasteiger partial charge on any atom is -0.320 e. The summed E-state index contributed by atoms with van der Waals surface area (Å²) >= 11 is 15.0. The van der Waals surface area contributed by atoms with E-state index in [9.17, 15) is 13.2 Å². The van der Waals surface area contributed by atoms with E-state index in [-0.39, 0.29) is 16.6 Å². The monoisotopic (exact) mass is 481 g/mol. The van der Waals surface area contributed by atoms with E-state index in [4.69, 9.17) is 23.2 Å². The average molecular weight is 482 g/mol. The lowest BCUT2D eigenvalue weighted by atomic mass is 10.2. The second-order valence-electron chi connectivity index (χ2n) is 6.20. The number of rotatable bonds is 4. The van der Waals surface area contributed by atoms with Gasteiger partial charge < -0.3 is 5.32 Å². The molecule has 148 valence electrons. The second-order valence-corrected chi connectivity index (χ2v) is 11.1. The summed E-state index contributed by atoms with van der Waals surface area (Å²) in [6, 6.07) is 13.4. The van der Waals surface area contributed by atoms with Gasteiger partial charge in [0.1, 0.15) is 0 Å². The van der Waals surface area contributed by atoms with Gasteiger partial charge in [-0.05, 0) is 47.9 Å². The van der Waals surface area contributed by atoms with Gasteiger partial charge in [-0.2, -0.15) is 0 Å². The summed E-state index contributed by atoms with van der Waals surface area (Å²) < 4.78 is 25.9. The molecular weight excluding hydrogens is 469 g/mol. The average Bonchev–Trinajstić information content (AvgIpc) is 3.18. The van der Waals surface area contributed by atoms with E-state index in [1.54, 1.807) is 36.4 Å². The number of hydrogen-bond donors (Lipinski definition) is 1. The summed E-state index contributed by atoms with van der Waals surface area (Å²) in [6.45, 7) is 0. The number of fused-ring (bicyclic) bond motifs is 1. The Bertz CT molecular complexity index is 1220. The Kier molecular flexibility index (Phi) is 5.77. The molecule has 4 rings (SSSR count). The van der Waals surface area contributed by atoms with Crippen molar-refractivity contribution in [3.63, 3.8) is 0 Å². The van der Waals surface area contributed by atoms with Crippen molar-refractivity contribution in [2.45, 2.75) is 15.5 Å². The lowest BCUT2D eigenvalue weighted by Gasteiger charge is -2.19. The number of benzene rings is 2. The summed E-state index contributed by atoms with van der Waals surface area (Å²) in [7, 11) is -3.69. The highest BCUT2D eigenvalue weighted by molar-refractivity contribution is 8.04. The number of nitrogens with one attached hydrogen (secondary N) is 1. The maximum absolute atomic E-state index is 13.0. The number of amides is 1. The fraction of sp³-hybridized carbons (Fsp3) is 0.0500. The van der Waals surface area contributed by atoms with E-state index in [0.717, 1.165) is 4.88 Å². The van der Waals surface area contributed by atoms with Crippen molar-refractivity contribution in [3.05, 3.63) is 79.3 Å². The van der Waals surface area contributed by atoms with Crippen LogP contribution in [0.2, 0.25) is 10.0 Å². The molecule has 1 amide bonds. The van der Waals surface area contributed by atoms with E-state index in [0.29, 0.717) is 31.1 Å². The van der Waals surface area contributed by atoms with Crippen LogP contribution in [0.1, 0.15) is 10.4 Å². The number of sulfone groups is 1. The number of carbonyl (C=O) groups excluding carboxylic acids is 1. The summed E-state index contributed by atoms with van der Waals surface area (Å²) in [5.41, 5.74) is 0.950. The zero-order valence-electron chi connectivity index (χ0n) is 14.7. The fourth-order valence-electron chi connectivity index (χ4n) is 2.77. The Morgan fingerprint density at radius 1 is 1.03 bits per heavy atom. The lowest BCUT2D eigenvalue weighted by Crippen LogP contribution is -2.17. The standard InChI is InChI=1S/C20H13Cl2NO3S3/c21-15-4-1-5-16(22)14(15)11-29(25,26)13-6-7-17-18(10-13)28-19(20(24)23-17)9-12-3-2-8-27-12/h1-10H,11H2,(H,23,24). The van der Waals surface area contributed by atoms with Crippen LogP contribution in [0.15, 0.2) is 68.6 Å². The van der Waals surface area contributed by atoms with E-state index in [1.807, 2.05) is 17.5 Å². The molecule has 2 heterocycles. The Hall–Kier alpha value is -1.77. The molecule has 2 aromatic carbocycles. The van der Waals surface area contributed by atoms with Crippen molar-refractivity contribution >= 4 is 73.8 Å². The number of thioether (sulfide) groups is 1. The van der Waals surface area contributed by atoms with Gasteiger partial charge in [0, 0.05) is 25.4 Å². The van der Waals surface area contributed by atoms with Gasteiger partial charge in [0.2, 0.25) is 0 Å². The van der Waals surface area contributed by atoms with Gasteiger partial charge in [0.05, 0.1) is 21.2 Å². The van der Waals surface area contributed by atoms with Gasteiger partial charge in [-0.15, -0.1) is 11.3 Å². The minimum absolute atomic E-state index is 0.145. The maximum Gasteiger partial charge on any atom is 0.262 e. The van der Waals surface area contributed by atoms with Crippen molar-refractivity contribution in [1.29, 1.82) is 0 Å². The van der Waals surface area contributed by atoms with Crippen LogP contribution in [-0.2, 0) is 20.4 Å². The van der Waals surface area contributed by atoms with Gasteiger partial charge in [-0.3, -0.25) is 4.79 Å². The Balaban J connectivity index is 1.67. The van der Waals surface area contributed by atoms with Gasteiger partial charge in [-0.25, -0.2) is 8.42 Å². The van der Waals surface area contributed by atoms with Crippen LogP contribution in [0, 0.1) is 0 Å². The molecule has 9 heteroatoms. The smallest absolute Gasteiger partial charge is 0.262 e. The van der Waals surface area contributed by atoms with Crippen LogP contribution in [-0.4, -0.2) is 14.3 Å². The number of hydrogen-bond acceptors (Lipinski definition) is 5. The van der Waals surface area contributed by atoms with Crippen molar-refractivity contribution in [2.75, 3.05) is 5.32 Å². The molecule has 0 fully saturated rings. The topological polar surface area (TPSA) is 63.2 Å².